The Hall–Kier alpha value is -1.26. The van der Waals surface area contributed by atoms with Gasteiger partial charge in [-0.1, -0.05) is 13.8 Å². The molecule has 2 N–H and O–H groups in total. The minimum atomic E-state index is -1.02. The van der Waals surface area contributed by atoms with Crippen molar-refractivity contribution in [3.05, 3.63) is 0 Å². The summed E-state index contributed by atoms with van der Waals surface area (Å²) < 4.78 is 0. The molecule has 1 aliphatic rings. The SMILES string of the molecule is C[C@H](NC(=O)N1CC(C)(C)C1)C(=O)O. The minimum absolute atomic E-state index is 0.170. The number of hydrogen-bond acceptors (Lipinski definition) is 2. The second kappa shape index (κ2) is 3.48. The van der Waals surface area contributed by atoms with Crippen molar-refractivity contribution in [2.45, 2.75) is 26.8 Å². The molecule has 0 radical (unpaired) electrons. The Morgan fingerprint density at radius 2 is 1.93 bits per heavy atom. The van der Waals surface area contributed by atoms with Crippen molar-refractivity contribution >= 4 is 12.0 Å². The smallest absolute Gasteiger partial charge is 0.325 e. The highest BCUT2D eigenvalue weighted by Crippen LogP contribution is 2.28. The van der Waals surface area contributed by atoms with E-state index in [-0.39, 0.29) is 11.4 Å². The number of hydrogen-bond donors (Lipinski definition) is 2. The van der Waals surface area contributed by atoms with Crippen LogP contribution in [0.1, 0.15) is 20.8 Å². The summed E-state index contributed by atoms with van der Waals surface area (Å²) >= 11 is 0. The monoisotopic (exact) mass is 200 g/mol. The maximum atomic E-state index is 11.4. The fraction of sp³-hybridized carbons (Fsp3) is 0.778. The van der Waals surface area contributed by atoms with Crippen molar-refractivity contribution in [3.63, 3.8) is 0 Å². The van der Waals surface area contributed by atoms with E-state index in [1.165, 1.54) is 6.92 Å². The van der Waals surface area contributed by atoms with Crippen molar-refractivity contribution in [1.82, 2.24) is 10.2 Å². The molecule has 0 aromatic heterocycles. The van der Waals surface area contributed by atoms with Crippen LogP contribution in [0.25, 0.3) is 0 Å². The number of carbonyl (C=O) groups excluding carboxylic acids is 1. The first-order valence-electron chi connectivity index (χ1n) is 4.60. The molecule has 1 fully saturated rings. The van der Waals surface area contributed by atoms with Gasteiger partial charge in [0.15, 0.2) is 0 Å². The number of nitrogens with one attached hydrogen (secondary N) is 1. The number of likely N-dealkylation sites (tertiary alicyclic amines) is 1. The Morgan fingerprint density at radius 1 is 1.43 bits per heavy atom. The van der Waals surface area contributed by atoms with E-state index >= 15 is 0 Å². The van der Waals surface area contributed by atoms with Gasteiger partial charge in [-0.05, 0) is 6.92 Å². The van der Waals surface area contributed by atoms with E-state index in [2.05, 4.69) is 19.2 Å². The van der Waals surface area contributed by atoms with Crippen LogP contribution in [0.3, 0.4) is 0 Å². The minimum Gasteiger partial charge on any atom is -0.480 e. The lowest BCUT2D eigenvalue weighted by Crippen LogP contribution is -2.59. The van der Waals surface area contributed by atoms with Crippen LogP contribution in [0, 0.1) is 5.41 Å². The topological polar surface area (TPSA) is 69.6 Å². The Labute approximate surface area is 83.1 Å². The molecule has 0 aliphatic carbocycles. The number of aliphatic carboxylic acids is 1. The molecular weight excluding hydrogens is 184 g/mol. The van der Waals surface area contributed by atoms with Crippen LogP contribution in [0.5, 0.6) is 0 Å². The summed E-state index contributed by atoms with van der Waals surface area (Å²) in [6.07, 6.45) is 0. The van der Waals surface area contributed by atoms with Gasteiger partial charge in [0.1, 0.15) is 6.04 Å². The molecule has 0 spiro atoms. The van der Waals surface area contributed by atoms with E-state index in [4.69, 9.17) is 5.11 Å². The summed E-state index contributed by atoms with van der Waals surface area (Å²) in [5.41, 5.74) is 0.170. The van der Waals surface area contributed by atoms with Gasteiger partial charge in [-0.25, -0.2) is 4.79 Å². The van der Waals surface area contributed by atoms with Crippen LogP contribution in [-0.2, 0) is 4.79 Å². The van der Waals surface area contributed by atoms with E-state index in [1.54, 1.807) is 4.90 Å². The zero-order valence-electron chi connectivity index (χ0n) is 8.70. The molecule has 5 nitrogen and oxygen atoms in total. The molecular formula is C9H16N2O3. The number of urea groups is 1. The first-order valence-corrected chi connectivity index (χ1v) is 4.60. The van der Waals surface area contributed by atoms with Gasteiger partial charge in [-0.2, -0.15) is 0 Å². The summed E-state index contributed by atoms with van der Waals surface area (Å²) in [6, 6.07) is -1.12. The number of carboxylic acids is 1. The van der Waals surface area contributed by atoms with Gasteiger partial charge in [-0.3, -0.25) is 4.79 Å². The zero-order valence-corrected chi connectivity index (χ0v) is 8.70. The van der Waals surface area contributed by atoms with Crippen molar-refractivity contribution < 1.29 is 14.7 Å². The van der Waals surface area contributed by atoms with Crippen LogP contribution < -0.4 is 5.32 Å². The molecule has 1 rings (SSSR count). The molecule has 2 amide bonds. The van der Waals surface area contributed by atoms with Crippen molar-refractivity contribution in [2.24, 2.45) is 5.41 Å². The molecule has 0 unspecified atom stereocenters. The van der Waals surface area contributed by atoms with Gasteiger partial charge in [-0.15, -0.1) is 0 Å². The third-order valence-corrected chi connectivity index (χ3v) is 2.24. The second-order valence-electron chi connectivity index (χ2n) is 4.53. The van der Waals surface area contributed by atoms with Gasteiger partial charge in [0.05, 0.1) is 0 Å². The maximum Gasteiger partial charge on any atom is 0.325 e. The van der Waals surface area contributed by atoms with Crippen LogP contribution in [0.4, 0.5) is 4.79 Å². The molecule has 1 aliphatic heterocycles. The first-order chi connectivity index (χ1) is 6.32. The average molecular weight is 200 g/mol. The Morgan fingerprint density at radius 3 is 2.29 bits per heavy atom. The van der Waals surface area contributed by atoms with Crippen LogP contribution in [-0.4, -0.2) is 41.1 Å². The fourth-order valence-corrected chi connectivity index (χ4v) is 1.47. The molecule has 1 atom stereocenters. The Bertz CT molecular complexity index is 255. The van der Waals surface area contributed by atoms with E-state index < -0.39 is 12.0 Å². The number of nitrogens with zero attached hydrogens (tertiary/aromatic N) is 1. The third-order valence-electron chi connectivity index (χ3n) is 2.24. The third kappa shape index (κ3) is 2.37. The van der Waals surface area contributed by atoms with Crippen LogP contribution in [0.2, 0.25) is 0 Å². The Kier molecular flexibility index (Phi) is 2.69. The number of rotatable bonds is 2. The lowest BCUT2D eigenvalue weighted by molar-refractivity contribution is -0.138. The predicted molar refractivity (Wildman–Crippen MR) is 51.0 cm³/mol. The van der Waals surface area contributed by atoms with Crippen LogP contribution >= 0.6 is 0 Å². The van der Waals surface area contributed by atoms with Crippen LogP contribution in [0.15, 0.2) is 0 Å². The molecule has 1 saturated heterocycles. The van der Waals surface area contributed by atoms with Crippen molar-refractivity contribution in [3.8, 4) is 0 Å². The second-order valence-corrected chi connectivity index (χ2v) is 4.53. The molecule has 14 heavy (non-hydrogen) atoms. The predicted octanol–water partition coefficient (Wildman–Crippen LogP) is 0.511. The maximum absolute atomic E-state index is 11.4. The highest BCUT2D eigenvalue weighted by atomic mass is 16.4. The number of carbonyl (C=O) groups is 2. The van der Waals surface area contributed by atoms with Crippen molar-refractivity contribution in [1.29, 1.82) is 0 Å². The highest BCUT2D eigenvalue weighted by Gasteiger charge is 2.37. The summed E-state index contributed by atoms with van der Waals surface area (Å²) in [5, 5.41) is 11.0. The molecule has 80 valence electrons. The van der Waals surface area contributed by atoms with E-state index in [9.17, 15) is 9.59 Å². The van der Waals surface area contributed by atoms with E-state index in [0.717, 1.165) is 0 Å². The first kappa shape index (κ1) is 10.8. The zero-order chi connectivity index (χ0) is 10.9. The van der Waals surface area contributed by atoms with Gasteiger partial charge < -0.3 is 15.3 Å². The summed E-state index contributed by atoms with van der Waals surface area (Å²) in [7, 11) is 0. The van der Waals surface area contributed by atoms with Gasteiger partial charge in [0, 0.05) is 18.5 Å². The largest absolute Gasteiger partial charge is 0.480 e. The lowest BCUT2D eigenvalue weighted by atomic mass is 9.85. The summed E-state index contributed by atoms with van der Waals surface area (Å²) in [6.45, 7) is 6.95. The molecule has 0 aromatic rings. The number of amides is 2. The summed E-state index contributed by atoms with van der Waals surface area (Å²) in [5.74, 6) is -1.02. The van der Waals surface area contributed by atoms with Gasteiger partial charge in [0.2, 0.25) is 0 Å². The van der Waals surface area contributed by atoms with Gasteiger partial charge >= 0.3 is 12.0 Å². The molecule has 1 heterocycles. The molecule has 0 aromatic carbocycles. The molecule has 5 heteroatoms. The highest BCUT2D eigenvalue weighted by molar-refractivity contribution is 5.82. The normalized spacial score (nSPS) is 20.9. The molecule has 0 bridgehead atoms. The molecule has 0 saturated carbocycles. The van der Waals surface area contributed by atoms with Crippen molar-refractivity contribution in [2.75, 3.05) is 13.1 Å². The summed E-state index contributed by atoms with van der Waals surface area (Å²) in [4.78, 5) is 23.4. The lowest BCUT2D eigenvalue weighted by Gasteiger charge is -2.45. The Balaban J connectivity index is 2.34. The standard InChI is InChI=1S/C9H16N2O3/c1-6(7(12)13)10-8(14)11-4-9(2,3)5-11/h6H,4-5H2,1-3H3,(H,10,14)(H,12,13)/t6-/m0/s1. The average Bonchev–Trinajstić information content (AvgIpc) is 1.99. The van der Waals surface area contributed by atoms with E-state index in [1.807, 2.05) is 0 Å². The van der Waals surface area contributed by atoms with Gasteiger partial charge in [0.25, 0.3) is 0 Å². The quantitative estimate of drug-likeness (QED) is 0.682. The fourth-order valence-electron chi connectivity index (χ4n) is 1.47. The van der Waals surface area contributed by atoms with E-state index in [0.29, 0.717) is 13.1 Å². The number of carboxylic acid groups (broad SMARTS) is 1.